The number of aromatic nitrogens is 2. The van der Waals surface area contributed by atoms with E-state index in [0.29, 0.717) is 24.9 Å². The van der Waals surface area contributed by atoms with Gasteiger partial charge in [0.2, 0.25) is 11.7 Å². The molecule has 0 saturated carbocycles. The molecule has 1 N–H and O–H groups in total. The van der Waals surface area contributed by atoms with Gasteiger partial charge in [0.1, 0.15) is 17.7 Å². The molecule has 1 aliphatic heterocycles. The lowest BCUT2D eigenvalue weighted by atomic mass is 10.1. The molecule has 1 amide bonds. The SMILES string of the molecule is Cc1nc([C@H]2CN(C(=O)c3ccc(F)cc3O)CCO2)no1. The zero-order chi connectivity index (χ0) is 15.7. The average molecular weight is 307 g/mol. The monoisotopic (exact) mass is 307 g/mol. The second kappa shape index (κ2) is 5.72. The Labute approximate surface area is 125 Å². The number of phenolic OH excluding ortho intramolecular Hbond substituents is 1. The lowest BCUT2D eigenvalue weighted by Gasteiger charge is -2.31. The Hall–Kier alpha value is -2.48. The zero-order valence-corrected chi connectivity index (χ0v) is 11.8. The predicted octanol–water partition coefficient (Wildman–Crippen LogP) is 1.44. The van der Waals surface area contributed by atoms with Gasteiger partial charge >= 0.3 is 0 Å². The van der Waals surface area contributed by atoms with Crippen LogP contribution in [0.3, 0.4) is 0 Å². The molecule has 7 nitrogen and oxygen atoms in total. The number of phenols is 1. The molecule has 1 aliphatic rings. The second-order valence-electron chi connectivity index (χ2n) is 4.94. The molecule has 116 valence electrons. The summed E-state index contributed by atoms with van der Waals surface area (Å²) in [5.41, 5.74) is 0.0475. The van der Waals surface area contributed by atoms with Crippen LogP contribution in [0.1, 0.15) is 28.2 Å². The van der Waals surface area contributed by atoms with Crippen molar-refractivity contribution in [2.75, 3.05) is 19.7 Å². The number of aromatic hydroxyl groups is 1. The Kier molecular flexibility index (Phi) is 3.76. The maximum Gasteiger partial charge on any atom is 0.257 e. The van der Waals surface area contributed by atoms with Crippen LogP contribution < -0.4 is 0 Å². The topological polar surface area (TPSA) is 88.7 Å². The molecule has 1 saturated heterocycles. The fourth-order valence-electron chi connectivity index (χ4n) is 2.29. The second-order valence-corrected chi connectivity index (χ2v) is 4.94. The van der Waals surface area contributed by atoms with E-state index in [4.69, 9.17) is 9.26 Å². The number of nitrogens with zero attached hydrogens (tertiary/aromatic N) is 3. The zero-order valence-electron chi connectivity index (χ0n) is 11.8. The fraction of sp³-hybridized carbons (Fsp3) is 0.357. The first-order valence-corrected chi connectivity index (χ1v) is 6.74. The first kappa shape index (κ1) is 14.5. The molecule has 1 fully saturated rings. The first-order valence-electron chi connectivity index (χ1n) is 6.74. The maximum atomic E-state index is 13.0. The molecule has 0 bridgehead atoms. The number of amides is 1. The summed E-state index contributed by atoms with van der Waals surface area (Å²) in [4.78, 5) is 18.0. The minimum absolute atomic E-state index is 0.0475. The third-order valence-corrected chi connectivity index (χ3v) is 3.38. The van der Waals surface area contributed by atoms with Gasteiger partial charge in [0.05, 0.1) is 18.7 Å². The number of benzene rings is 1. The summed E-state index contributed by atoms with van der Waals surface area (Å²) in [6.45, 7) is 2.57. The Morgan fingerprint density at radius 2 is 2.32 bits per heavy atom. The maximum absolute atomic E-state index is 13.0. The summed E-state index contributed by atoms with van der Waals surface area (Å²) in [5, 5.41) is 13.5. The van der Waals surface area contributed by atoms with Gasteiger partial charge in [0.25, 0.3) is 5.91 Å². The molecule has 0 unspecified atom stereocenters. The van der Waals surface area contributed by atoms with Gasteiger partial charge in [-0.2, -0.15) is 4.98 Å². The largest absolute Gasteiger partial charge is 0.507 e. The molecular weight excluding hydrogens is 293 g/mol. The molecule has 0 spiro atoms. The minimum Gasteiger partial charge on any atom is -0.507 e. The Bertz CT molecular complexity index is 703. The van der Waals surface area contributed by atoms with Crippen LogP contribution in [0.4, 0.5) is 4.39 Å². The van der Waals surface area contributed by atoms with Crippen molar-refractivity contribution in [3.63, 3.8) is 0 Å². The number of hydrogen-bond donors (Lipinski definition) is 1. The Morgan fingerprint density at radius 3 is 3.00 bits per heavy atom. The van der Waals surface area contributed by atoms with E-state index in [1.54, 1.807) is 6.92 Å². The fourth-order valence-corrected chi connectivity index (χ4v) is 2.29. The molecule has 1 aromatic carbocycles. The standard InChI is InChI=1S/C14H14FN3O4/c1-8-16-13(17-22-8)12-7-18(4-5-21-12)14(20)10-3-2-9(15)6-11(10)19/h2-3,6,12,19H,4-5,7H2,1H3/t12-/m1/s1. The molecule has 1 atom stereocenters. The normalized spacial score (nSPS) is 18.5. The van der Waals surface area contributed by atoms with Crippen molar-refractivity contribution in [2.24, 2.45) is 0 Å². The summed E-state index contributed by atoms with van der Waals surface area (Å²) in [7, 11) is 0. The van der Waals surface area contributed by atoms with E-state index in [0.717, 1.165) is 12.1 Å². The summed E-state index contributed by atoms with van der Waals surface area (Å²) in [5.74, 6) is -0.595. The molecule has 2 aromatic rings. The summed E-state index contributed by atoms with van der Waals surface area (Å²) in [6.07, 6.45) is -0.488. The summed E-state index contributed by atoms with van der Waals surface area (Å²) in [6, 6.07) is 3.30. The summed E-state index contributed by atoms with van der Waals surface area (Å²) < 4.78 is 23.5. The minimum atomic E-state index is -0.601. The van der Waals surface area contributed by atoms with Gasteiger partial charge in [0.15, 0.2) is 0 Å². The summed E-state index contributed by atoms with van der Waals surface area (Å²) >= 11 is 0. The van der Waals surface area contributed by atoms with Crippen LogP contribution in [0.15, 0.2) is 22.7 Å². The van der Waals surface area contributed by atoms with Crippen molar-refractivity contribution in [1.29, 1.82) is 0 Å². The molecule has 0 aliphatic carbocycles. The highest BCUT2D eigenvalue weighted by molar-refractivity contribution is 5.96. The van der Waals surface area contributed by atoms with E-state index in [-0.39, 0.29) is 17.9 Å². The van der Waals surface area contributed by atoms with Crippen LogP contribution in [0.2, 0.25) is 0 Å². The van der Waals surface area contributed by atoms with Crippen LogP contribution in [-0.2, 0) is 4.74 Å². The number of carbonyl (C=O) groups is 1. The van der Waals surface area contributed by atoms with Crippen molar-refractivity contribution in [1.82, 2.24) is 15.0 Å². The van der Waals surface area contributed by atoms with Gasteiger partial charge in [-0.15, -0.1) is 0 Å². The van der Waals surface area contributed by atoms with Crippen LogP contribution >= 0.6 is 0 Å². The van der Waals surface area contributed by atoms with Crippen LogP contribution in [-0.4, -0.2) is 45.8 Å². The van der Waals surface area contributed by atoms with E-state index < -0.39 is 17.8 Å². The van der Waals surface area contributed by atoms with Crippen molar-refractivity contribution in [3.8, 4) is 5.75 Å². The van der Waals surface area contributed by atoms with Crippen molar-refractivity contribution in [2.45, 2.75) is 13.0 Å². The Morgan fingerprint density at radius 1 is 1.50 bits per heavy atom. The molecule has 1 aromatic heterocycles. The molecular formula is C14H14FN3O4. The number of rotatable bonds is 2. The number of hydrogen-bond acceptors (Lipinski definition) is 6. The average Bonchev–Trinajstić information content (AvgIpc) is 2.93. The van der Waals surface area contributed by atoms with Crippen molar-refractivity contribution < 1.29 is 23.6 Å². The lowest BCUT2D eigenvalue weighted by Crippen LogP contribution is -2.42. The lowest BCUT2D eigenvalue weighted by molar-refractivity contribution is -0.0277. The van der Waals surface area contributed by atoms with Crippen LogP contribution in [0.5, 0.6) is 5.75 Å². The third kappa shape index (κ3) is 2.77. The molecule has 2 heterocycles. The highest BCUT2D eigenvalue weighted by atomic mass is 19.1. The highest BCUT2D eigenvalue weighted by Gasteiger charge is 2.30. The molecule has 8 heteroatoms. The van der Waals surface area contributed by atoms with E-state index in [1.165, 1.54) is 11.0 Å². The molecule has 3 rings (SSSR count). The number of carbonyl (C=O) groups excluding carboxylic acids is 1. The van der Waals surface area contributed by atoms with E-state index in [1.807, 2.05) is 0 Å². The highest BCUT2D eigenvalue weighted by Crippen LogP contribution is 2.24. The molecule has 22 heavy (non-hydrogen) atoms. The number of ether oxygens (including phenoxy) is 1. The van der Waals surface area contributed by atoms with Gasteiger partial charge in [-0.25, -0.2) is 4.39 Å². The van der Waals surface area contributed by atoms with Gasteiger partial charge in [-0.05, 0) is 12.1 Å². The first-order chi connectivity index (χ1) is 10.5. The van der Waals surface area contributed by atoms with Crippen molar-refractivity contribution in [3.05, 3.63) is 41.3 Å². The smallest absolute Gasteiger partial charge is 0.257 e. The van der Waals surface area contributed by atoms with Crippen LogP contribution in [0.25, 0.3) is 0 Å². The van der Waals surface area contributed by atoms with E-state index in [2.05, 4.69) is 10.1 Å². The molecule has 0 radical (unpaired) electrons. The number of aryl methyl sites for hydroxylation is 1. The van der Waals surface area contributed by atoms with Gasteiger partial charge < -0.3 is 19.3 Å². The van der Waals surface area contributed by atoms with E-state index >= 15 is 0 Å². The number of morpholine rings is 1. The van der Waals surface area contributed by atoms with Crippen molar-refractivity contribution >= 4 is 5.91 Å². The van der Waals surface area contributed by atoms with Crippen LogP contribution in [0, 0.1) is 12.7 Å². The van der Waals surface area contributed by atoms with Gasteiger partial charge in [0, 0.05) is 19.5 Å². The predicted molar refractivity (Wildman–Crippen MR) is 71.7 cm³/mol. The Balaban J connectivity index is 1.78. The number of halogens is 1. The quantitative estimate of drug-likeness (QED) is 0.903. The third-order valence-electron chi connectivity index (χ3n) is 3.38. The van der Waals surface area contributed by atoms with E-state index in [9.17, 15) is 14.3 Å². The van der Waals surface area contributed by atoms with Gasteiger partial charge in [-0.3, -0.25) is 4.79 Å². The van der Waals surface area contributed by atoms with Gasteiger partial charge in [-0.1, -0.05) is 5.16 Å².